The van der Waals surface area contributed by atoms with Gasteiger partial charge in [0.25, 0.3) is 0 Å². The van der Waals surface area contributed by atoms with Crippen LogP contribution in [0.15, 0.2) is 0 Å². The molecular weight excluding hydrogens is 236 g/mol. The second-order valence-corrected chi connectivity index (χ2v) is 6.53. The van der Waals surface area contributed by atoms with Crippen molar-refractivity contribution in [2.24, 2.45) is 0 Å². The van der Waals surface area contributed by atoms with E-state index in [1.54, 1.807) is 6.26 Å². The van der Waals surface area contributed by atoms with Crippen LogP contribution in [-0.4, -0.2) is 46.3 Å². The van der Waals surface area contributed by atoms with Gasteiger partial charge in [-0.15, -0.1) is 0 Å². The third-order valence-corrected chi connectivity index (χ3v) is 4.66. The molecule has 1 rings (SSSR count). The van der Waals surface area contributed by atoms with Gasteiger partial charge in [-0.25, -0.2) is 4.79 Å². The lowest BCUT2D eigenvalue weighted by molar-refractivity contribution is 0.200. The molecule has 2 atom stereocenters. The van der Waals surface area contributed by atoms with Gasteiger partial charge in [-0.05, 0) is 19.3 Å². The highest BCUT2D eigenvalue weighted by molar-refractivity contribution is 7.84. The fraction of sp³-hybridized carbons (Fsp3) is 0.917. The molecule has 0 aliphatic carbocycles. The van der Waals surface area contributed by atoms with Gasteiger partial charge in [0.2, 0.25) is 0 Å². The molecule has 2 amide bonds. The first-order chi connectivity index (χ1) is 8.11. The van der Waals surface area contributed by atoms with Crippen molar-refractivity contribution < 1.29 is 9.00 Å². The van der Waals surface area contributed by atoms with Gasteiger partial charge in [0.1, 0.15) is 0 Å². The molecule has 1 aliphatic heterocycles. The highest BCUT2D eigenvalue weighted by atomic mass is 32.2. The summed E-state index contributed by atoms with van der Waals surface area (Å²) in [4.78, 5) is 13.7. The summed E-state index contributed by atoms with van der Waals surface area (Å²) in [5.74, 6) is 0. The van der Waals surface area contributed by atoms with E-state index >= 15 is 0 Å². The molecule has 0 radical (unpaired) electrons. The lowest BCUT2D eigenvalue weighted by Gasteiger charge is -2.21. The Morgan fingerprint density at radius 3 is 2.41 bits per heavy atom. The van der Waals surface area contributed by atoms with Crippen molar-refractivity contribution in [1.29, 1.82) is 0 Å². The molecule has 0 aromatic carbocycles. The third kappa shape index (κ3) is 5.52. The van der Waals surface area contributed by atoms with Crippen LogP contribution < -0.4 is 5.32 Å². The standard InChI is InChI=1S/C12H24N2O2S/c1-11(17(2)16)7-8-13-12(15)14-9-5-3-4-6-10-14/h11H,3-10H2,1-2H3,(H,13,15). The first-order valence-corrected chi connectivity index (χ1v) is 8.08. The van der Waals surface area contributed by atoms with Crippen LogP contribution in [0.1, 0.15) is 39.0 Å². The van der Waals surface area contributed by atoms with Crippen LogP contribution in [0.4, 0.5) is 4.79 Å². The second-order valence-electron chi connectivity index (χ2n) is 4.73. The number of amides is 2. The molecular formula is C12H24N2O2S. The first-order valence-electron chi connectivity index (χ1n) is 6.46. The number of carbonyl (C=O) groups excluding carboxylic acids is 1. The largest absolute Gasteiger partial charge is 0.338 e. The summed E-state index contributed by atoms with van der Waals surface area (Å²) in [7, 11) is -0.797. The minimum absolute atomic E-state index is 0.0426. The SMILES string of the molecule is CC(CCNC(=O)N1CCCCCC1)S(C)=O. The van der Waals surface area contributed by atoms with Gasteiger partial charge in [0, 0.05) is 41.9 Å². The van der Waals surface area contributed by atoms with Crippen LogP contribution in [0.3, 0.4) is 0 Å². The third-order valence-electron chi connectivity index (χ3n) is 3.29. The van der Waals surface area contributed by atoms with E-state index in [4.69, 9.17) is 0 Å². The van der Waals surface area contributed by atoms with Crippen LogP contribution in [-0.2, 0) is 10.8 Å². The highest BCUT2D eigenvalue weighted by Crippen LogP contribution is 2.09. The van der Waals surface area contributed by atoms with Gasteiger partial charge in [0.05, 0.1) is 0 Å². The zero-order valence-corrected chi connectivity index (χ0v) is 11.7. The summed E-state index contributed by atoms with van der Waals surface area (Å²) in [5.41, 5.74) is 0. The maximum Gasteiger partial charge on any atom is 0.317 e. The summed E-state index contributed by atoms with van der Waals surface area (Å²) >= 11 is 0. The summed E-state index contributed by atoms with van der Waals surface area (Å²) < 4.78 is 11.2. The van der Waals surface area contributed by atoms with Crippen LogP contribution in [0.25, 0.3) is 0 Å². The maximum absolute atomic E-state index is 11.8. The smallest absolute Gasteiger partial charge is 0.317 e. The molecule has 0 bridgehead atoms. The highest BCUT2D eigenvalue weighted by Gasteiger charge is 2.15. The summed E-state index contributed by atoms with van der Waals surface area (Å²) in [5, 5.41) is 3.07. The topological polar surface area (TPSA) is 49.4 Å². The van der Waals surface area contributed by atoms with Gasteiger partial charge in [0.15, 0.2) is 0 Å². The van der Waals surface area contributed by atoms with Gasteiger partial charge in [-0.3, -0.25) is 4.21 Å². The van der Waals surface area contributed by atoms with Crippen LogP contribution in [0.5, 0.6) is 0 Å². The van der Waals surface area contributed by atoms with Crippen molar-refractivity contribution >= 4 is 16.8 Å². The number of likely N-dealkylation sites (tertiary alicyclic amines) is 1. The molecule has 0 spiro atoms. The minimum atomic E-state index is -0.797. The van der Waals surface area contributed by atoms with Crippen molar-refractivity contribution in [1.82, 2.24) is 10.2 Å². The van der Waals surface area contributed by atoms with Crippen LogP contribution in [0.2, 0.25) is 0 Å². The first kappa shape index (κ1) is 14.5. The average molecular weight is 260 g/mol. The Morgan fingerprint density at radius 1 is 1.29 bits per heavy atom. The minimum Gasteiger partial charge on any atom is -0.338 e. The van der Waals surface area contributed by atoms with E-state index in [2.05, 4.69) is 5.32 Å². The molecule has 1 fully saturated rings. The van der Waals surface area contributed by atoms with Crippen molar-refractivity contribution in [2.75, 3.05) is 25.9 Å². The Bertz CT molecular complexity index is 263. The molecule has 1 aliphatic rings. The fourth-order valence-electron chi connectivity index (χ4n) is 1.93. The zero-order valence-electron chi connectivity index (χ0n) is 10.9. The lowest BCUT2D eigenvalue weighted by Crippen LogP contribution is -2.41. The molecule has 1 heterocycles. The molecule has 1 saturated heterocycles. The van der Waals surface area contributed by atoms with Gasteiger partial charge in [-0.2, -0.15) is 0 Å². The van der Waals surface area contributed by atoms with E-state index in [9.17, 15) is 9.00 Å². The second kappa shape index (κ2) is 7.69. The Morgan fingerprint density at radius 2 is 1.88 bits per heavy atom. The fourth-order valence-corrected chi connectivity index (χ4v) is 2.38. The Balaban J connectivity index is 2.21. The molecule has 1 N–H and O–H groups in total. The zero-order chi connectivity index (χ0) is 12.7. The van der Waals surface area contributed by atoms with E-state index in [1.165, 1.54) is 12.8 Å². The molecule has 2 unspecified atom stereocenters. The Labute approximate surface area is 107 Å². The molecule has 17 heavy (non-hydrogen) atoms. The van der Waals surface area contributed by atoms with E-state index in [1.807, 2.05) is 11.8 Å². The number of hydrogen-bond donors (Lipinski definition) is 1. The lowest BCUT2D eigenvalue weighted by atomic mass is 10.2. The summed E-state index contributed by atoms with van der Waals surface area (Å²) in [6.45, 7) is 4.33. The number of rotatable bonds is 4. The van der Waals surface area contributed by atoms with Gasteiger partial charge >= 0.3 is 6.03 Å². The number of urea groups is 1. The average Bonchev–Trinajstić information content (AvgIpc) is 2.57. The van der Waals surface area contributed by atoms with E-state index in [0.717, 1.165) is 32.4 Å². The van der Waals surface area contributed by atoms with Crippen molar-refractivity contribution in [2.45, 2.75) is 44.3 Å². The predicted octanol–water partition coefficient (Wildman–Crippen LogP) is 1.73. The molecule has 0 aromatic heterocycles. The summed E-state index contributed by atoms with van der Waals surface area (Å²) in [6.07, 6.45) is 7.18. The quantitative estimate of drug-likeness (QED) is 0.837. The molecule has 4 nitrogen and oxygen atoms in total. The van der Waals surface area contributed by atoms with Crippen LogP contribution in [0, 0.1) is 0 Å². The van der Waals surface area contributed by atoms with Gasteiger partial charge in [-0.1, -0.05) is 19.8 Å². The van der Waals surface area contributed by atoms with E-state index in [0.29, 0.717) is 6.54 Å². The van der Waals surface area contributed by atoms with Crippen LogP contribution >= 0.6 is 0 Å². The predicted molar refractivity (Wildman–Crippen MR) is 71.6 cm³/mol. The number of carbonyl (C=O) groups is 1. The molecule has 100 valence electrons. The van der Waals surface area contributed by atoms with E-state index < -0.39 is 10.8 Å². The number of nitrogens with zero attached hydrogens (tertiary/aromatic N) is 1. The Kier molecular flexibility index (Phi) is 6.55. The molecule has 0 aromatic rings. The van der Waals surface area contributed by atoms with Crippen molar-refractivity contribution in [3.63, 3.8) is 0 Å². The Hall–Kier alpha value is -0.580. The maximum atomic E-state index is 11.8. The molecule has 0 saturated carbocycles. The normalized spacial score (nSPS) is 20.5. The van der Waals surface area contributed by atoms with Crippen molar-refractivity contribution in [3.05, 3.63) is 0 Å². The number of nitrogens with one attached hydrogen (secondary N) is 1. The monoisotopic (exact) mass is 260 g/mol. The van der Waals surface area contributed by atoms with E-state index in [-0.39, 0.29) is 11.3 Å². The van der Waals surface area contributed by atoms with Gasteiger partial charge < -0.3 is 10.2 Å². The summed E-state index contributed by atoms with van der Waals surface area (Å²) in [6, 6.07) is 0.0426. The number of hydrogen-bond acceptors (Lipinski definition) is 2. The van der Waals surface area contributed by atoms with Crippen molar-refractivity contribution in [3.8, 4) is 0 Å². The molecule has 5 heteroatoms.